The van der Waals surface area contributed by atoms with Gasteiger partial charge in [-0.2, -0.15) is 0 Å². The SMILES string of the molecule is CCNC(CS(C)(=O)=O)c1ccc(Cl)s1. The summed E-state index contributed by atoms with van der Waals surface area (Å²) >= 11 is 7.23. The lowest BCUT2D eigenvalue weighted by Crippen LogP contribution is -2.26. The van der Waals surface area contributed by atoms with Crippen molar-refractivity contribution in [3.8, 4) is 0 Å². The van der Waals surface area contributed by atoms with E-state index in [-0.39, 0.29) is 11.8 Å². The van der Waals surface area contributed by atoms with Crippen LogP contribution in [0.4, 0.5) is 0 Å². The number of thiophene rings is 1. The first-order valence-electron chi connectivity index (χ1n) is 4.58. The molecular weight excluding hydrogens is 254 g/mol. The fourth-order valence-electron chi connectivity index (χ4n) is 1.31. The molecule has 1 N–H and O–H groups in total. The Balaban J connectivity index is 2.83. The Bertz CT molecular complexity index is 414. The Morgan fingerprint density at radius 3 is 2.60 bits per heavy atom. The number of rotatable bonds is 5. The molecule has 0 saturated heterocycles. The van der Waals surface area contributed by atoms with Gasteiger partial charge in [-0.15, -0.1) is 11.3 Å². The summed E-state index contributed by atoms with van der Waals surface area (Å²) in [5, 5.41) is 3.14. The molecule has 1 aromatic rings. The third-order valence-corrected chi connectivity index (χ3v) is 4.14. The van der Waals surface area contributed by atoms with Crippen molar-refractivity contribution in [2.45, 2.75) is 13.0 Å². The van der Waals surface area contributed by atoms with Crippen molar-refractivity contribution in [3.05, 3.63) is 21.3 Å². The first-order valence-corrected chi connectivity index (χ1v) is 7.84. The first-order chi connectivity index (χ1) is 6.92. The van der Waals surface area contributed by atoms with E-state index in [1.807, 2.05) is 13.0 Å². The van der Waals surface area contributed by atoms with E-state index < -0.39 is 9.84 Å². The van der Waals surface area contributed by atoms with Gasteiger partial charge in [0.2, 0.25) is 0 Å². The van der Waals surface area contributed by atoms with Crippen LogP contribution in [0.5, 0.6) is 0 Å². The van der Waals surface area contributed by atoms with Gasteiger partial charge in [0.25, 0.3) is 0 Å². The van der Waals surface area contributed by atoms with E-state index in [1.165, 1.54) is 17.6 Å². The minimum Gasteiger partial charge on any atom is -0.309 e. The Morgan fingerprint density at radius 2 is 2.20 bits per heavy atom. The second kappa shape index (κ2) is 5.30. The molecule has 1 unspecified atom stereocenters. The summed E-state index contributed by atoms with van der Waals surface area (Å²) in [4.78, 5) is 0.965. The zero-order valence-corrected chi connectivity index (χ0v) is 11.0. The van der Waals surface area contributed by atoms with Gasteiger partial charge in [-0.25, -0.2) is 8.42 Å². The van der Waals surface area contributed by atoms with E-state index in [4.69, 9.17) is 11.6 Å². The molecule has 0 saturated carbocycles. The Hall–Kier alpha value is -0.100. The van der Waals surface area contributed by atoms with E-state index in [9.17, 15) is 8.42 Å². The predicted molar refractivity (Wildman–Crippen MR) is 65.5 cm³/mol. The fourth-order valence-corrected chi connectivity index (χ4v) is 3.45. The topological polar surface area (TPSA) is 46.2 Å². The number of nitrogens with one attached hydrogen (secondary N) is 1. The second-order valence-corrected chi connectivity index (χ2v) is 7.28. The average molecular weight is 268 g/mol. The van der Waals surface area contributed by atoms with E-state index in [0.29, 0.717) is 4.34 Å². The van der Waals surface area contributed by atoms with E-state index >= 15 is 0 Å². The summed E-state index contributed by atoms with van der Waals surface area (Å²) in [6.45, 7) is 2.68. The van der Waals surface area contributed by atoms with Crippen LogP contribution >= 0.6 is 22.9 Å². The van der Waals surface area contributed by atoms with Crippen LogP contribution in [-0.2, 0) is 9.84 Å². The van der Waals surface area contributed by atoms with E-state index in [2.05, 4.69) is 5.32 Å². The number of hydrogen-bond donors (Lipinski definition) is 1. The van der Waals surface area contributed by atoms with Crippen molar-refractivity contribution in [3.63, 3.8) is 0 Å². The van der Waals surface area contributed by atoms with Crippen molar-refractivity contribution in [2.24, 2.45) is 0 Å². The summed E-state index contributed by atoms with van der Waals surface area (Å²) in [5.41, 5.74) is 0. The Labute approximate surface area is 99.4 Å². The molecule has 1 aromatic heterocycles. The first kappa shape index (κ1) is 13.0. The highest BCUT2D eigenvalue weighted by Crippen LogP contribution is 2.27. The van der Waals surface area contributed by atoms with Gasteiger partial charge in [-0.05, 0) is 18.7 Å². The zero-order chi connectivity index (χ0) is 11.5. The molecule has 0 amide bonds. The third-order valence-electron chi connectivity index (χ3n) is 1.86. The summed E-state index contributed by atoms with van der Waals surface area (Å²) in [6, 6.07) is 3.50. The molecule has 86 valence electrons. The fraction of sp³-hybridized carbons (Fsp3) is 0.556. The number of hydrogen-bond acceptors (Lipinski definition) is 4. The molecule has 0 bridgehead atoms. The highest BCUT2D eigenvalue weighted by Gasteiger charge is 2.17. The molecule has 6 heteroatoms. The van der Waals surface area contributed by atoms with Crippen molar-refractivity contribution < 1.29 is 8.42 Å². The van der Waals surface area contributed by atoms with Crippen molar-refractivity contribution in [1.82, 2.24) is 5.32 Å². The maximum absolute atomic E-state index is 11.2. The van der Waals surface area contributed by atoms with Gasteiger partial charge in [0.05, 0.1) is 16.1 Å². The molecular formula is C9H14ClNO2S2. The predicted octanol–water partition coefficient (Wildman–Crippen LogP) is 2.10. The molecule has 1 heterocycles. The van der Waals surface area contributed by atoms with Crippen molar-refractivity contribution in [2.75, 3.05) is 18.6 Å². The lowest BCUT2D eigenvalue weighted by Gasteiger charge is -2.14. The van der Waals surface area contributed by atoms with Crippen LogP contribution in [0.25, 0.3) is 0 Å². The molecule has 0 radical (unpaired) electrons. The molecule has 0 aliphatic carbocycles. The molecule has 0 fully saturated rings. The Kier molecular flexibility index (Phi) is 4.58. The minimum absolute atomic E-state index is 0.109. The lowest BCUT2D eigenvalue weighted by atomic mass is 10.3. The molecule has 15 heavy (non-hydrogen) atoms. The monoisotopic (exact) mass is 267 g/mol. The van der Waals surface area contributed by atoms with Crippen LogP contribution in [0, 0.1) is 0 Å². The number of halogens is 1. The van der Waals surface area contributed by atoms with Gasteiger partial charge in [0.15, 0.2) is 0 Å². The van der Waals surface area contributed by atoms with Gasteiger partial charge in [0.1, 0.15) is 9.84 Å². The van der Waals surface area contributed by atoms with Crippen LogP contribution in [-0.4, -0.2) is 27.0 Å². The molecule has 0 spiro atoms. The Morgan fingerprint density at radius 1 is 1.53 bits per heavy atom. The standard InChI is InChI=1S/C9H14ClNO2S2/c1-3-11-7(6-15(2,12)13)8-4-5-9(10)14-8/h4-5,7,11H,3,6H2,1-2H3. The summed E-state index contributed by atoms with van der Waals surface area (Å²) in [5.74, 6) is 0.109. The highest BCUT2D eigenvalue weighted by molar-refractivity contribution is 7.90. The van der Waals surface area contributed by atoms with Crippen LogP contribution in [0.1, 0.15) is 17.8 Å². The van der Waals surface area contributed by atoms with Gasteiger partial charge in [0, 0.05) is 11.1 Å². The number of sulfone groups is 1. The minimum atomic E-state index is -2.98. The van der Waals surface area contributed by atoms with Gasteiger partial charge >= 0.3 is 0 Å². The molecule has 0 aliphatic rings. The summed E-state index contributed by atoms with van der Waals surface area (Å²) in [6.07, 6.45) is 1.24. The van der Waals surface area contributed by atoms with Crippen molar-refractivity contribution in [1.29, 1.82) is 0 Å². The largest absolute Gasteiger partial charge is 0.309 e. The van der Waals surface area contributed by atoms with Crippen LogP contribution in [0.15, 0.2) is 12.1 Å². The summed E-state index contributed by atoms with van der Waals surface area (Å²) in [7, 11) is -2.98. The molecule has 1 atom stereocenters. The zero-order valence-electron chi connectivity index (χ0n) is 8.66. The highest BCUT2D eigenvalue weighted by atomic mass is 35.5. The van der Waals surface area contributed by atoms with Gasteiger partial charge < -0.3 is 5.32 Å². The third kappa shape index (κ3) is 4.51. The maximum atomic E-state index is 11.2. The smallest absolute Gasteiger partial charge is 0.149 e. The van der Waals surface area contributed by atoms with Crippen LogP contribution in [0.3, 0.4) is 0 Å². The van der Waals surface area contributed by atoms with E-state index in [0.717, 1.165) is 11.4 Å². The van der Waals surface area contributed by atoms with Crippen LogP contribution < -0.4 is 5.32 Å². The maximum Gasteiger partial charge on any atom is 0.149 e. The normalized spacial score (nSPS) is 14.1. The molecule has 0 aliphatic heterocycles. The average Bonchev–Trinajstić information content (AvgIpc) is 2.48. The molecule has 1 rings (SSSR count). The second-order valence-electron chi connectivity index (χ2n) is 3.34. The lowest BCUT2D eigenvalue weighted by molar-refractivity contribution is 0.567. The van der Waals surface area contributed by atoms with Crippen LogP contribution in [0.2, 0.25) is 4.34 Å². The quantitative estimate of drug-likeness (QED) is 0.889. The van der Waals surface area contributed by atoms with Gasteiger partial charge in [-0.3, -0.25) is 0 Å². The van der Waals surface area contributed by atoms with Crippen molar-refractivity contribution >= 4 is 32.8 Å². The van der Waals surface area contributed by atoms with Gasteiger partial charge in [-0.1, -0.05) is 18.5 Å². The molecule has 3 nitrogen and oxygen atoms in total. The van der Waals surface area contributed by atoms with E-state index in [1.54, 1.807) is 6.07 Å². The summed E-state index contributed by atoms with van der Waals surface area (Å²) < 4.78 is 23.1. The molecule has 0 aromatic carbocycles.